The van der Waals surface area contributed by atoms with Gasteiger partial charge >= 0.3 is 11.9 Å². The quantitative estimate of drug-likeness (QED) is 0.542. The Hall–Kier alpha value is -3.75. The number of hydrogen-bond donors (Lipinski definition) is 2. The summed E-state index contributed by atoms with van der Waals surface area (Å²) in [5, 5.41) is 12.7. The third-order valence-electron chi connectivity index (χ3n) is 5.96. The molecule has 2 N–H and O–H groups in total. The fourth-order valence-corrected chi connectivity index (χ4v) is 4.06. The molecule has 178 valence electrons. The van der Waals surface area contributed by atoms with E-state index >= 15 is 0 Å². The highest BCUT2D eigenvalue weighted by molar-refractivity contribution is 5.88. The molecule has 1 atom stereocenters. The summed E-state index contributed by atoms with van der Waals surface area (Å²) in [4.78, 5) is 41.0. The molecule has 0 radical (unpaired) electrons. The highest BCUT2D eigenvalue weighted by atomic mass is 19.1. The number of carbonyl (C=O) groups excluding carboxylic acids is 1. The van der Waals surface area contributed by atoms with E-state index in [2.05, 4.69) is 10.3 Å². The minimum atomic E-state index is -1.33. The van der Waals surface area contributed by atoms with E-state index in [1.165, 1.54) is 16.7 Å². The van der Waals surface area contributed by atoms with Gasteiger partial charge in [-0.1, -0.05) is 0 Å². The predicted molar refractivity (Wildman–Crippen MR) is 124 cm³/mol. The molecule has 3 aromatic rings. The van der Waals surface area contributed by atoms with Gasteiger partial charge in [-0.3, -0.25) is 14.2 Å². The Balaban J connectivity index is 1.65. The summed E-state index contributed by atoms with van der Waals surface area (Å²) in [5.41, 5.74) is 1.56. The molecule has 0 bridgehead atoms. The maximum absolute atomic E-state index is 14.1. The molecule has 4 rings (SSSR count). The van der Waals surface area contributed by atoms with Crippen LogP contribution in [0.5, 0.6) is 0 Å². The van der Waals surface area contributed by atoms with Crippen molar-refractivity contribution >= 4 is 28.5 Å². The number of carboxylic acids is 1. The average molecular weight is 467 g/mol. The summed E-state index contributed by atoms with van der Waals surface area (Å²) in [5.74, 6) is -2.12. The third kappa shape index (κ3) is 4.37. The molecule has 1 aliphatic carbocycles. The van der Waals surface area contributed by atoms with Gasteiger partial charge in [0, 0.05) is 5.69 Å². The van der Waals surface area contributed by atoms with E-state index < -0.39 is 28.7 Å². The molecular weight excluding hydrogens is 441 g/mol. The molecular formula is C25H26FN3O5. The Morgan fingerprint density at radius 1 is 1.26 bits per heavy atom. The largest absolute Gasteiger partial charge is 0.478 e. The maximum atomic E-state index is 14.1. The van der Waals surface area contributed by atoms with Gasteiger partial charge in [-0.25, -0.2) is 14.2 Å². The van der Waals surface area contributed by atoms with Crippen molar-refractivity contribution in [3.63, 3.8) is 0 Å². The van der Waals surface area contributed by atoms with Crippen molar-refractivity contribution in [2.75, 3.05) is 5.32 Å². The number of anilines is 1. The summed E-state index contributed by atoms with van der Waals surface area (Å²) < 4.78 is 20.8. The van der Waals surface area contributed by atoms with Crippen molar-refractivity contribution in [1.82, 2.24) is 9.55 Å². The number of halogens is 1. The number of esters is 1. The van der Waals surface area contributed by atoms with Gasteiger partial charge in [0.2, 0.25) is 0 Å². The van der Waals surface area contributed by atoms with Gasteiger partial charge in [-0.05, 0) is 82.0 Å². The van der Waals surface area contributed by atoms with E-state index in [1.54, 1.807) is 33.8 Å². The van der Waals surface area contributed by atoms with Crippen molar-refractivity contribution in [1.29, 1.82) is 0 Å². The fraction of sp³-hybridized carbons (Fsp3) is 0.360. The van der Waals surface area contributed by atoms with Crippen molar-refractivity contribution in [3.8, 4) is 0 Å². The molecule has 0 fully saturated rings. The molecule has 1 aromatic heterocycles. The van der Waals surface area contributed by atoms with Gasteiger partial charge in [-0.2, -0.15) is 0 Å². The van der Waals surface area contributed by atoms with Gasteiger partial charge in [0.05, 0.1) is 27.9 Å². The molecule has 1 aliphatic rings. The number of nitrogens with one attached hydrogen (secondary N) is 1. The summed E-state index contributed by atoms with van der Waals surface area (Å²) in [6, 6.07) is 7.40. The zero-order valence-corrected chi connectivity index (χ0v) is 19.4. The Bertz CT molecular complexity index is 1370. The number of nitrogens with zero attached hydrogens (tertiary/aromatic N) is 2. The first-order chi connectivity index (χ1) is 16.0. The smallest absolute Gasteiger partial charge is 0.338 e. The van der Waals surface area contributed by atoms with Gasteiger partial charge in [-0.15, -0.1) is 0 Å². The van der Waals surface area contributed by atoms with E-state index in [4.69, 9.17) is 9.84 Å². The molecule has 34 heavy (non-hydrogen) atoms. The Kier molecular flexibility index (Phi) is 5.89. The number of benzene rings is 2. The number of rotatable bonds is 5. The topological polar surface area (TPSA) is 111 Å². The molecule has 0 aliphatic heterocycles. The lowest BCUT2D eigenvalue weighted by Gasteiger charge is -2.19. The number of aromatic nitrogens is 2. The monoisotopic (exact) mass is 467 g/mol. The van der Waals surface area contributed by atoms with E-state index in [0.717, 1.165) is 30.0 Å². The normalized spacial score (nSPS) is 15.3. The molecule has 0 saturated carbocycles. The number of carboxylic acid groups (broad SMARTS) is 1. The van der Waals surface area contributed by atoms with Gasteiger partial charge in [0.15, 0.2) is 6.73 Å². The van der Waals surface area contributed by atoms with Crippen molar-refractivity contribution in [2.24, 2.45) is 5.41 Å². The predicted octanol–water partition coefficient (Wildman–Crippen LogP) is 4.19. The first-order valence-corrected chi connectivity index (χ1v) is 11.0. The number of aryl methyl sites for hydroxylation is 2. The van der Waals surface area contributed by atoms with Crippen LogP contribution < -0.4 is 10.9 Å². The third-order valence-corrected chi connectivity index (χ3v) is 5.96. The Morgan fingerprint density at radius 3 is 2.65 bits per heavy atom. The highest BCUT2D eigenvalue weighted by Gasteiger charge is 2.26. The number of fused-ring (bicyclic) bond motifs is 2. The molecule has 0 saturated heterocycles. The first-order valence-electron chi connectivity index (χ1n) is 11.0. The van der Waals surface area contributed by atoms with Crippen molar-refractivity contribution in [2.45, 2.75) is 53.3 Å². The lowest BCUT2D eigenvalue weighted by molar-refractivity contribution is -0.157. The molecule has 2 aromatic carbocycles. The number of carbonyl (C=O) groups is 2. The van der Waals surface area contributed by atoms with Crippen LogP contribution in [0.4, 0.5) is 10.1 Å². The molecule has 1 unspecified atom stereocenters. The molecule has 0 amide bonds. The van der Waals surface area contributed by atoms with E-state index in [-0.39, 0.29) is 18.3 Å². The standard InChI is InChI=1S/C25H26FN3O5/c1-13-27-21-9-14-5-8-20(28-15-6-7-16(23(31)32)19(26)10-15)17(14)11-18(21)22(30)29(13)12-34-24(33)25(2,3)4/h6-7,9-11,20,28H,5,8,12H2,1-4H3,(H,31,32). The zero-order chi connectivity index (χ0) is 24.8. The number of ether oxygens (including phenoxy) is 1. The maximum Gasteiger partial charge on any atom is 0.338 e. The summed E-state index contributed by atoms with van der Waals surface area (Å²) in [6.07, 6.45) is 1.48. The van der Waals surface area contributed by atoms with Crippen LogP contribution >= 0.6 is 0 Å². The minimum absolute atomic E-state index is 0.178. The average Bonchev–Trinajstić information content (AvgIpc) is 3.13. The number of hydrogen-bond acceptors (Lipinski definition) is 6. The molecule has 9 heteroatoms. The van der Waals surface area contributed by atoms with Gasteiger partial charge in [0.1, 0.15) is 11.6 Å². The van der Waals surface area contributed by atoms with Crippen LogP contribution in [0.1, 0.15) is 60.5 Å². The number of aromatic carboxylic acids is 1. The second-order valence-electron chi connectivity index (χ2n) is 9.51. The lowest BCUT2D eigenvalue weighted by atomic mass is 9.98. The summed E-state index contributed by atoms with van der Waals surface area (Å²) in [6.45, 7) is 6.68. The van der Waals surface area contributed by atoms with Crippen LogP contribution in [-0.2, 0) is 22.7 Å². The summed E-state index contributed by atoms with van der Waals surface area (Å²) >= 11 is 0. The Labute approximate surface area is 195 Å². The fourth-order valence-electron chi connectivity index (χ4n) is 4.06. The molecule has 1 heterocycles. The summed E-state index contributed by atoms with van der Waals surface area (Å²) in [7, 11) is 0. The Morgan fingerprint density at radius 2 is 2.00 bits per heavy atom. The van der Waals surface area contributed by atoms with Crippen LogP contribution in [-0.4, -0.2) is 26.6 Å². The second-order valence-corrected chi connectivity index (χ2v) is 9.51. The van der Waals surface area contributed by atoms with Crippen LogP contribution in [0, 0.1) is 18.2 Å². The SMILES string of the molecule is Cc1nc2cc3c(cc2c(=O)n1COC(=O)C(C)(C)C)C(Nc1ccc(C(=O)O)c(F)c1)CC3. The minimum Gasteiger partial charge on any atom is -0.478 e. The lowest BCUT2D eigenvalue weighted by Crippen LogP contribution is -2.30. The van der Waals surface area contributed by atoms with Crippen LogP contribution in [0.15, 0.2) is 35.1 Å². The van der Waals surface area contributed by atoms with E-state index in [1.807, 2.05) is 6.07 Å². The van der Waals surface area contributed by atoms with Crippen molar-refractivity contribution in [3.05, 3.63) is 69.0 Å². The van der Waals surface area contributed by atoms with Gasteiger partial charge < -0.3 is 15.2 Å². The zero-order valence-electron chi connectivity index (χ0n) is 19.4. The van der Waals surface area contributed by atoms with Crippen molar-refractivity contribution < 1.29 is 23.8 Å². The van der Waals surface area contributed by atoms with Crippen LogP contribution in [0.25, 0.3) is 10.9 Å². The highest BCUT2D eigenvalue weighted by Crippen LogP contribution is 2.36. The van der Waals surface area contributed by atoms with Gasteiger partial charge in [0.25, 0.3) is 5.56 Å². The molecule has 8 nitrogen and oxygen atoms in total. The van der Waals surface area contributed by atoms with Crippen LogP contribution in [0.3, 0.4) is 0 Å². The first kappa shape index (κ1) is 23.4. The molecule has 0 spiro atoms. The van der Waals surface area contributed by atoms with E-state index in [9.17, 15) is 18.8 Å². The van der Waals surface area contributed by atoms with Crippen LogP contribution in [0.2, 0.25) is 0 Å². The second kappa shape index (κ2) is 8.55. The van der Waals surface area contributed by atoms with E-state index in [0.29, 0.717) is 22.4 Å².